The zero-order valence-electron chi connectivity index (χ0n) is 13.9. The van der Waals surface area contributed by atoms with Gasteiger partial charge in [0.15, 0.2) is 0 Å². The maximum Gasteiger partial charge on any atom is 0.224 e. The lowest BCUT2D eigenvalue weighted by atomic mass is 10.2. The Morgan fingerprint density at radius 2 is 1.96 bits per heavy atom. The van der Waals surface area contributed by atoms with E-state index in [4.69, 9.17) is 11.6 Å². The largest absolute Gasteiger partial charge is 0.341 e. The average molecular weight is 342 g/mol. The highest BCUT2D eigenvalue weighted by molar-refractivity contribution is 6.30. The van der Waals surface area contributed by atoms with E-state index in [1.165, 1.54) is 5.56 Å². The summed E-state index contributed by atoms with van der Waals surface area (Å²) in [6, 6.07) is 13.8. The molecule has 0 aliphatic rings. The Morgan fingerprint density at radius 1 is 1.21 bits per heavy atom. The summed E-state index contributed by atoms with van der Waals surface area (Å²) in [5.74, 6) is 0.0984. The van der Waals surface area contributed by atoms with Crippen LogP contribution in [0.3, 0.4) is 0 Å². The molecule has 5 heteroatoms. The topological polar surface area (TPSA) is 38.1 Å². The van der Waals surface area contributed by atoms with Crippen molar-refractivity contribution in [3.63, 3.8) is 0 Å². The molecule has 0 atom stereocenters. The first-order valence-electron chi connectivity index (χ1n) is 7.93. The molecule has 0 aliphatic heterocycles. The zero-order valence-corrected chi connectivity index (χ0v) is 14.6. The molecule has 0 saturated carbocycles. The quantitative estimate of drug-likeness (QED) is 0.702. The molecule has 0 unspecified atom stereocenters. The summed E-state index contributed by atoms with van der Waals surface area (Å²) in [4.78, 5) is 14.1. The van der Waals surface area contributed by atoms with Crippen molar-refractivity contribution in [3.05, 3.63) is 64.8 Å². The zero-order chi connectivity index (χ0) is 17.1. The number of carbonyl (C=O) groups is 1. The minimum Gasteiger partial charge on any atom is -0.341 e. The molecule has 0 N–H and O–H groups in total. The summed E-state index contributed by atoms with van der Waals surface area (Å²) in [6.07, 6.45) is 2.27. The van der Waals surface area contributed by atoms with E-state index in [1.54, 1.807) is 4.90 Å². The van der Waals surface area contributed by atoms with Crippen LogP contribution in [0.15, 0.2) is 48.7 Å². The first-order valence-corrected chi connectivity index (χ1v) is 8.31. The maximum absolute atomic E-state index is 12.4. The lowest BCUT2D eigenvalue weighted by molar-refractivity contribution is -0.130. The number of amides is 1. The van der Waals surface area contributed by atoms with Crippen LogP contribution in [0.4, 0.5) is 0 Å². The number of fused-ring (bicyclic) bond motifs is 1. The molecule has 1 heterocycles. The van der Waals surface area contributed by atoms with Gasteiger partial charge in [0.25, 0.3) is 0 Å². The number of aryl methyl sites for hydroxylation is 2. The molecule has 1 aromatic heterocycles. The van der Waals surface area contributed by atoms with Crippen LogP contribution in [0.2, 0.25) is 5.02 Å². The number of carbonyl (C=O) groups excluding carboxylic acids is 1. The van der Waals surface area contributed by atoms with Gasteiger partial charge in [-0.05, 0) is 36.2 Å². The molecule has 4 nitrogen and oxygen atoms in total. The second kappa shape index (κ2) is 7.05. The summed E-state index contributed by atoms with van der Waals surface area (Å²) in [7, 11) is 1.82. The van der Waals surface area contributed by atoms with Crippen molar-refractivity contribution in [1.82, 2.24) is 14.7 Å². The normalized spacial score (nSPS) is 11.0. The third-order valence-electron chi connectivity index (χ3n) is 4.10. The third kappa shape index (κ3) is 3.77. The molecule has 3 aromatic rings. The van der Waals surface area contributed by atoms with Gasteiger partial charge in [-0.15, -0.1) is 0 Å². The molecule has 0 radical (unpaired) electrons. The number of nitrogens with zero attached hydrogens (tertiary/aromatic N) is 3. The van der Waals surface area contributed by atoms with Crippen molar-refractivity contribution >= 4 is 28.4 Å². The fourth-order valence-corrected chi connectivity index (χ4v) is 2.83. The lowest BCUT2D eigenvalue weighted by Gasteiger charge is -2.17. The van der Waals surface area contributed by atoms with Gasteiger partial charge in [-0.1, -0.05) is 35.9 Å². The Balaban J connectivity index is 1.61. The van der Waals surface area contributed by atoms with Gasteiger partial charge in [0, 0.05) is 30.4 Å². The molecular weight excluding hydrogens is 322 g/mol. The van der Waals surface area contributed by atoms with Gasteiger partial charge < -0.3 is 4.90 Å². The molecule has 124 valence electrons. The first-order chi connectivity index (χ1) is 11.5. The fraction of sp³-hybridized carbons (Fsp3) is 0.263. The van der Waals surface area contributed by atoms with Gasteiger partial charge in [0.1, 0.15) is 0 Å². The molecule has 24 heavy (non-hydrogen) atoms. The molecule has 0 saturated heterocycles. The predicted molar refractivity (Wildman–Crippen MR) is 97.0 cm³/mol. The molecule has 3 rings (SSSR count). The van der Waals surface area contributed by atoms with Gasteiger partial charge in [0.05, 0.1) is 18.3 Å². The standard InChI is InChI=1S/C19H20ClN3O/c1-14-3-6-16-12-21-23(18(16)11-14)10-9-19(24)22(2)13-15-4-7-17(20)8-5-15/h3-8,11-12H,9-10,13H2,1-2H3. The molecule has 2 aromatic carbocycles. The second-order valence-electron chi connectivity index (χ2n) is 6.06. The van der Waals surface area contributed by atoms with Crippen LogP contribution in [0.5, 0.6) is 0 Å². The van der Waals surface area contributed by atoms with Crippen LogP contribution in [0, 0.1) is 6.92 Å². The van der Waals surface area contributed by atoms with Crippen molar-refractivity contribution in [1.29, 1.82) is 0 Å². The number of aromatic nitrogens is 2. The van der Waals surface area contributed by atoms with Gasteiger partial charge in [-0.3, -0.25) is 9.48 Å². The van der Waals surface area contributed by atoms with Crippen LogP contribution < -0.4 is 0 Å². The third-order valence-corrected chi connectivity index (χ3v) is 4.35. The maximum atomic E-state index is 12.4. The van der Waals surface area contributed by atoms with Crippen molar-refractivity contribution in [3.8, 4) is 0 Å². The Labute approximate surface area is 146 Å². The van der Waals surface area contributed by atoms with Crippen molar-refractivity contribution in [2.75, 3.05) is 7.05 Å². The highest BCUT2D eigenvalue weighted by Gasteiger charge is 2.11. The number of hydrogen-bond acceptors (Lipinski definition) is 2. The molecule has 0 spiro atoms. The number of halogens is 1. The molecule has 0 bridgehead atoms. The summed E-state index contributed by atoms with van der Waals surface area (Å²) < 4.78 is 1.90. The Morgan fingerprint density at radius 3 is 2.71 bits per heavy atom. The van der Waals surface area contributed by atoms with Gasteiger partial charge in [-0.2, -0.15) is 5.10 Å². The molecular formula is C19H20ClN3O. The smallest absolute Gasteiger partial charge is 0.224 e. The van der Waals surface area contributed by atoms with E-state index in [2.05, 4.69) is 30.2 Å². The molecule has 0 aliphatic carbocycles. The summed E-state index contributed by atoms with van der Waals surface area (Å²) in [5.41, 5.74) is 3.33. The van der Waals surface area contributed by atoms with Crippen molar-refractivity contribution in [2.24, 2.45) is 0 Å². The molecule has 0 fully saturated rings. The number of benzene rings is 2. The van der Waals surface area contributed by atoms with Crippen LogP contribution >= 0.6 is 11.6 Å². The minimum absolute atomic E-state index is 0.0984. The van der Waals surface area contributed by atoms with E-state index < -0.39 is 0 Å². The van der Waals surface area contributed by atoms with Crippen LogP contribution in [0.25, 0.3) is 10.9 Å². The van der Waals surface area contributed by atoms with E-state index in [1.807, 2.05) is 42.2 Å². The van der Waals surface area contributed by atoms with Gasteiger partial charge in [0.2, 0.25) is 5.91 Å². The first kappa shape index (κ1) is 16.5. The second-order valence-corrected chi connectivity index (χ2v) is 6.49. The Bertz CT molecular complexity index is 855. The monoisotopic (exact) mass is 341 g/mol. The number of rotatable bonds is 5. The van der Waals surface area contributed by atoms with Gasteiger partial charge in [-0.25, -0.2) is 0 Å². The van der Waals surface area contributed by atoms with E-state index in [0.29, 0.717) is 24.5 Å². The molecule has 1 amide bonds. The fourth-order valence-electron chi connectivity index (χ4n) is 2.70. The SMILES string of the molecule is Cc1ccc2cnn(CCC(=O)N(C)Cc3ccc(Cl)cc3)c2c1. The summed E-state index contributed by atoms with van der Waals surface area (Å²) >= 11 is 5.89. The minimum atomic E-state index is 0.0984. The lowest BCUT2D eigenvalue weighted by Crippen LogP contribution is -2.27. The predicted octanol–water partition coefficient (Wildman–Crippen LogP) is 4.05. The van der Waals surface area contributed by atoms with Crippen molar-refractivity contribution < 1.29 is 4.79 Å². The Hall–Kier alpha value is -2.33. The number of hydrogen-bond donors (Lipinski definition) is 0. The van der Waals surface area contributed by atoms with Gasteiger partial charge >= 0.3 is 0 Å². The van der Waals surface area contributed by atoms with Crippen molar-refractivity contribution in [2.45, 2.75) is 26.4 Å². The highest BCUT2D eigenvalue weighted by atomic mass is 35.5. The van der Waals surface area contributed by atoms with Crippen LogP contribution in [-0.4, -0.2) is 27.6 Å². The van der Waals surface area contributed by atoms with E-state index in [-0.39, 0.29) is 5.91 Å². The summed E-state index contributed by atoms with van der Waals surface area (Å²) in [5, 5.41) is 6.19. The summed E-state index contributed by atoms with van der Waals surface area (Å²) in [6.45, 7) is 3.22. The Kier molecular flexibility index (Phi) is 4.86. The van der Waals surface area contributed by atoms with E-state index in [0.717, 1.165) is 16.5 Å². The van der Waals surface area contributed by atoms with Crippen LogP contribution in [0.1, 0.15) is 17.5 Å². The van der Waals surface area contributed by atoms with E-state index in [9.17, 15) is 4.79 Å². The highest BCUT2D eigenvalue weighted by Crippen LogP contribution is 2.16. The van der Waals surface area contributed by atoms with E-state index >= 15 is 0 Å². The van der Waals surface area contributed by atoms with Crippen LogP contribution in [-0.2, 0) is 17.9 Å². The average Bonchev–Trinajstić information content (AvgIpc) is 2.96.